The van der Waals surface area contributed by atoms with Crippen LogP contribution in [-0.4, -0.2) is 22.7 Å². The molecule has 4 heteroatoms. The van der Waals surface area contributed by atoms with Crippen LogP contribution >= 0.6 is 15.9 Å². The van der Waals surface area contributed by atoms with Crippen LogP contribution in [0.25, 0.3) is 10.8 Å². The Morgan fingerprint density at radius 1 is 1.14 bits per heavy atom. The number of benzene rings is 2. The van der Waals surface area contributed by atoms with E-state index < -0.39 is 11.6 Å². The van der Waals surface area contributed by atoms with Crippen LogP contribution in [0.3, 0.4) is 0 Å². The van der Waals surface area contributed by atoms with Crippen LogP contribution in [0.4, 0.5) is 0 Å². The van der Waals surface area contributed by atoms with E-state index in [1.165, 1.54) is 0 Å². The van der Waals surface area contributed by atoms with Crippen LogP contribution in [0.1, 0.15) is 40.5 Å². The standard InChI is InChI=1S/C17H15BrO3/c1-2-9-17(10-18)15(19)14-12-6-4-3-5-11(12)7-8-13(14)16(20)21-17/h3-8H,2,9-10H2,1H3. The molecule has 0 aromatic heterocycles. The predicted octanol–water partition coefficient (Wildman–Crippen LogP) is 4.13. The summed E-state index contributed by atoms with van der Waals surface area (Å²) in [6.07, 6.45) is 1.29. The number of esters is 1. The molecular formula is C17H15BrO3. The zero-order valence-electron chi connectivity index (χ0n) is 11.7. The van der Waals surface area contributed by atoms with Crippen LogP contribution in [0.2, 0.25) is 0 Å². The fraction of sp³-hybridized carbons (Fsp3) is 0.294. The third-order valence-corrected chi connectivity index (χ3v) is 4.85. The van der Waals surface area contributed by atoms with Crippen molar-refractivity contribution in [3.63, 3.8) is 0 Å². The molecule has 1 aliphatic heterocycles. The van der Waals surface area contributed by atoms with E-state index in [0.29, 0.717) is 22.9 Å². The second-order valence-corrected chi connectivity index (χ2v) is 5.87. The van der Waals surface area contributed by atoms with E-state index in [2.05, 4.69) is 15.9 Å². The molecule has 0 N–H and O–H groups in total. The van der Waals surface area contributed by atoms with Gasteiger partial charge in [-0.3, -0.25) is 4.79 Å². The van der Waals surface area contributed by atoms with Crippen LogP contribution in [0, 0.1) is 0 Å². The van der Waals surface area contributed by atoms with Crippen molar-refractivity contribution in [1.29, 1.82) is 0 Å². The van der Waals surface area contributed by atoms with Gasteiger partial charge in [-0.25, -0.2) is 4.79 Å². The van der Waals surface area contributed by atoms with Crippen molar-refractivity contribution >= 4 is 38.5 Å². The molecule has 3 nitrogen and oxygen atoms in total. The average Bonchev–Trinajstić information content (AvgIpc) is 2.51. The third kappa shape index (κ3) is 2.09. The maximum atomic E-state index is 13.0. The van der Waals surface area contributed by atoms with Crippen molar-refractivity contribution in [2.24, 2.45) is 0 Å². The molecule has 1 unspecified atom stereocenters. The Morgan fingerprint density at radius 2 is 1.90 bits per heavy atom. The minimum absolute atomic E-state index is 0.104. The summed E-state index contributed by atoms with van der Waals surface area (Å²) < 4.78 is 5.52. The van der Waals surface area contributed by atoms with E-state index in [4.69, 9.17) is 4.74 Å². The maximum Gasteiger partial charge on any atom is 0.339 e. The Balaban J connectivity index is 2.29. The zero-order chi connectivity index (χ0) is 15.0. The number of hydrogen-bond acceptors (Lipinski definition) is 3. The molecule has 0 fully saturated rings. The van der Waals surface area contributed by atoms with E-state index in [9.17, 15) is 9.59 Å². The van der Waals surface area contributed by atoms with Gasteiger partial charge in [0.05, 0.1) is 10.9 Å². The van der Waals surface area contributed by atoms with Gasteiger partial charge in [0.15, 0.2) is 5.60 Å². The highest BCUT2D eigenvalue weighted by atomic mass is 79.9. The highest BCUT2D eigenvalue weighted by molar-refractivity contribution is 9.09. The second-order valence-electron chi connectivity index (χ2n) is 5.31. The van der Waals surface area contributed by atoms with Gasteiger partial charge in [0, 0.05) is 5.56 Å². The number of cyclic esters (lactones) is 1. The van der Waals surface area contributed by atoms with Crippen LogP contribution in [0.15, 0.2) is 36.4 Å². The van der Waals surface area contributed by atoms with Crippen molar-refractivity contribution in [3.05, 3.63) is 47.5 Å². The van der Waals surface area contributed by atoms with Crippen LogP contribution in [0.5, 0.6) is 0 Å². The highest BCUT2D eigenvalue weighted by Crippen LogP contribution is 2.36. The normalized spacial score (nSPS) is 21.2. The topological polar surface area (TPSA) is 43.4 Å². The number of ether oxygens (including phenoxy) is 1. The van der Waals surface area contributed by atoms with Gasteiger partial charge in [0.1, 0.15) is 0 Å². The molecule has 0 spiro atoms. The first kappa shape index (κ1) is 14.3. The lowest BCUT2D eigenvalue weighted by Gasteiger charge is -2.35. The van der Waals surface area contributed by atoms with E-state index in [0.717, 1.165) is 17.2 Å². The molecule has 108 valence electrons. The molecule has 1 atom stereocenters. The number of carbonyl (C=O) groups is 2. The predicted molar refractivity (Wildman–Crippen MR) is 85.1 cm³/mol. The van der Waals surface area contributed by atoms with Gasteiger partial charge in [-0.2, -0.15) is 0 Å². The molecule has 1 aliphatic rings. The molecule has 0 saturated heterocycles. The number of hydrogen-bond donors (Lipinski definition) is 0. The molecule has 21 heavy (non-hydrogen) atoms. The first-order valence-corrected chi connectivity index (χ1v) is 8.11. The Bertz CT molecular complexity index is 738. The van der Waals surface area contributed by atoms with Crippen molar-refractivity contribution in [2.75, 3.05) is 5.33 Å². The third-order valence-electron chi connectivity index (χ3n) is 3.95. The summed E-state index contributed by atoms with van der Waals surface area (Å²) in [5.74, 6) is -0.518. The first-order chi connectivity index (χ1) is 10.1. The monoisotopic (exact) mass is 346 g/mol. The van der Waals surface area contributed by atoms with E-state index in [-0.39, 0.29) is 5.78 Å². The molecule has 0 amide bonds. The van der Waals surface area contributed by atoms with E-state index in [1.54, 1.807) is 6.07 Å². The number of ketones is 1. The Labute approximate surface area is 131 Å². The molecule has 0 bridgehead atoms. The number of rotatable bonds is 3. The van der Waals surface area contributed by atoms with Gasteiger partial charge in [0.2, 0.25) is 5.78 Å². The Hall–Kier alpha value is -1.68. The average molecular weight is 347 g/mol. The molecule has 2 aromatic carbocycles. The van der Waals surface area contributed by atoms with Gasteiger partial charge >= 0.3 is 5.97 Å². The smallest absolute Gasteiger partial charge is 0.339 e. The minimum Gasteiger partial charge on any atom is -0.446 e. The fourth-order valence-corrected chi connectivity index (χ4v) is 3.57. The summed E-state index contributed by atoms with van der Waals surface area (Å²) >= 11 is 3.35. The van der Waals surface area contributed by atoms with Crippen molar-refractivity contribution in [2.45, 2.75) is 25.4 Å². The molecule has 2 aromatic rings. The van der Waals surface area contributed by atoms with E-state index in [1.807, 2.05) is 37.3 Å². The molecule has 0 saturated carbocycles. The summed E-state index contributed by atoms with van der Waals surface area (Å²) in [5, 5.41) is 2.10. The number of Topliss-reactive ketones (excluding diaryl/α,β-unsaturated/α-hetero) is 1. The lowest BCUT2D eigenvalue weighted by molar-refractivity contribution is -0.00771. The number of fused-ring (bicyclic) bond motifs is 3. The maximum absolute atomic E-state index is 13.0. The SMILES string of the molecule is CCCC1(CBr)OC(=O)c2ccc3ccccc3c2C1=O. The van der Waals surface area contributed by atoms with Gasteiger partial charge in [-0.1, -0.05) is 59.6 Å². The van der Waals surface area contributed by atoms with Crippen molar-refractivity contribution in [1.82, 2.24) is 0 Å². The highest BCUT2D eigenvalue weighted by Gasteiger charge is 2.47. The number of halogens is 1. The number of alkyl halides is 1. The minimum atomic E-state index is -1.08. The van der Waals surface area contributed by atoms with Crippen LogP contribution < -0.4 is 0 Å². The first-order valence-electron chi connectivity index (χ1n) is 6.99. The van der Waals surface area contributed by atoms with Crippen molar-refractivity contribution < 1.29 is 14.3 Å². The van der Waals surface area contributed by atoms with Gasteiger partial charge in [0.25, 0.3) is 0 Å². The molecule has 3 rings (SSSR count). The quantitative estimate of drug-likeness (QED) is 0.619. The number of carbonyl (C=O) groups excluding carboxylic acids is 2. The molecule has 1 heterocycles. The summed E-state index contributed by atoms with van der Waals surface area (Å²) in [6, 6.07) is 11.2. The molecule has 0 aliphatic carbocycles. The van der Waals surface area contributed by atoms with Crippen molar-refractivity contribution in [3.8, 4) is 0 Å². The second kappa shape index (κ2) is 5.26. The summed E-state index contributed by atoms with van der Waals surface area (Å²) in [5.41, 5.74) is -0.216. The fourth-order valence-electron chi connectivity index (χ4n) is 2.92. The lowest BCUT2D eigenvalue weighted by Crippen LogP contribution is -2.49. The van der Waals surface area contributed by atoms with Gasteiger partial charge < -0.3 is 4.74 Å². The van der Waals surface area contributed by atoms with E-state index >= 15 is 0 Å². The largest absolute Gasteiger partial charge is 0.446 e. The lowest BCUT2D eigenvalue weighted by atomic mass is 9.83. The van der Waals surface area contributed by atoms with Crippen LogP contribution in [-0.2, 0) is 4.74 Å². The van der Waals surface area contributed by atoms with Gasteiger partial charge in [-0.05, 0) is 23.3 Å². The van der Waals surface area contributed by atoms with Gasteiger partial charge in [-0.15, -0.1) is 0 Å². The molecular weight excluding hydrogens is 332 g/mol. The Morgan fingerprint density at radius 3 is 2.62 bits per heavy atom. The summed E-state index contributed by atoms with van der Waals surface area (Å²) in [6.45, 7) is 1.98. The summed E-state index contributed by atoms with van der Waals surface area (Å²) in [7, 11) is 0. The summed E-state index contributed by atoms with van der Waals surface area (Å²) in [4.78, 5) is 25.3. The molecule has 0 radical (unpaired) electrons. The Kier molecular flexibility index (Phi) is 3.57. The zero-order valence-corrected chi connectivity index (χ0v) is 13.3.